The zero-order valence-electron chi connectivity index (χ0n) is 6.99. The lowest BCUT2D eigenvalue weighted by Crippen LogP contribution is -1.86. The molecule has 0 aliphatic rings. The summed E-state index contributed by atoms with van der Waals surface area (Å²) in [4.78, 5) is 3.41. The number of aromatic amines is 1. The minimum absolute atomic E-state index is 0.436. The van der Waals surface area contributed by atoms with E-state index >= 15 is 0 Å². The summed E-state index contributed by atoms with van der Waals surface area (Å²) in [6.45, 7) is 0. The first kappa shape index (κ1) is 8.26. The summed E-state index contributed by atoms with van der Waals surface area (Å²) >= 11 is 4.83. The molecule has 3 heteroatoms. The van der Waals surface area contributed by atoms with Crippen LogP contribution in [0.15, 0.2) is 41.0 Å². The smallest absolute Gasteiger partial charge is 0.266 e. The highest BCUT2D eigenvalue weighted by Crippen LogP contribution is 2.06. The lowest BCUT2D eigenvalue weighted by atomic mass is 10.1. The molecule has 1 N–H and O–H groups in total. The van der Waals surface area contributed by atoms with Crippen LogP contribution in [0.1, 0.15) is 11.3 Å². The van der Waals surface area contributed by atoms with E-state index in [1.807, 2.05) is 18.2 Å². The molecule has 0 unspecified atom stereocenters. The van der Waals surface area contributed by atoms with E-state index in [-0.39, 0.29) is 0 Å². The van der Waals surface area contributed by atoms with Gasteiger partial charge in [-0.25, -0.2) is 0 Å². The lowest BCUT2D eigenvalue weighted by molar-refractivity contribution is 0.539. The van der Waals surface area contributed by atoms with Gasteiger partial charge >= 0.3 is 0 Å². The zero-order valence-corrected chi connectivity index (χ0v) is 7.80. The third kappa shape index (κ3) is 2.06. The highest BCUT2D eigenvalue weighted by atomic mass is 32.1. The Bertz CT molecular complexity index is 429. The van der Waals surface area contributed by atoms with E-state index in [0.29, 0.717) is 4.84 Å². The first-order valence-corrected chi connectivity index (χ1v) is 4.46. The molecule has 0 spiro atoms. The molecule has 1 heterocycles. The number of oxazole rings is 1. The summed E-state index contributed by atoms with van der Waals surface area (Å²) in [5.41, 5.74) is 2.26. The minimum atomic E-state index is 0.436. The van der Waals surface area contributed by atoms with Crippen LogP contribution < -0.4 is 0 Å². The molecule has 2 aromatic rings. The predicted octanol–water partition coefficient (Wildman–Crippen LogP) is 2.93. The largest absolute Gasteiger partial charge is 0.438 e. The van der Waals surface area contributed by atoms with Crippen molar-refractivity contribution >= 4 is 12.2 Å². The van der Waals surface area contributed by atoms with Gasteiger partial charge in [0.1, 0.15) is 6.26 Å². The Kier molecular flexibility index (Phi) is 2.27. The molecule has 0 saturated heterocycles. The van der Waals surface area contributed by atoms with Crippen LogP contribution in [0.3, 0.4) is 0 Å². The van der Waals surface area contributed by atoms with Crippen molar-refractivity contribution in [2.24, 2.45) is 0 Å². The molecule has 0 fully saturated rings. The van der Waals surface area contributed by atoms with Crippen molar-refractivity contribution in [1.82, 2.24) is 4.98 Å². The Morgan fingerprint density at radius 2 is 2.00 bits per heavy atom. The molecule has 0 atom stereocenters. The fraction of sp³-hybridized carbons (Fsp3) is 0.100. The van der Waals surface area contributed by atoms with E-state index in [0.717, 1.165) is 12.1 Å². The number of nitrogens with one attached hydrogen (secondary N) is 1. The van der Waals surface area contributed by atoms with Gasteiger partial charge in [0.2, 0.25) is 0 Å². The third-order valence-electron chi connectivity index (χ3n) is 1.81. The third-order valence-corrected chi connectivity index (χ3v) is 2.01. The molecule has 0 aliphatic carbocycles. The number of aromatic nitrogens is 1. The number of rotatable bonds is 2. The number of hydrogen-bond acceptors (Lipinski definition) is 2. The van der Waals surface area contributed by atoms with Gasteiger partial charge in [-0.15, -0.1) is 0 Å². The Morgan fingerprint density at radius 1 is 1.23 bits per heavy atom. The van der Waals surface area contributed by atoms with E-state index in [9.17, 15) is 0 Å². The topological polar surface area (TPSA) is 28.9 Å². The van der Waals surface area contributed by atoms with Crippen molar-refractivity contribution in [1.29, 1.82) is 0 Å². The van der Waals surface area contributed by atoms with Gasteiger partial charge in [-0.2, -0.15) is 0 Å². The van der Waals surface area contributed by atoms with Crippen molar-refractivity contribution < 1.29 is 4.42 Å². The van der Waals surface area contributed by atoms with Crippen molar-refractivity contribution in [3.05, 3.63) is 52.7 Å². The van der Waals surface area contributed by atoms with Crippen molar-refractivity contribution in [2.75, 3.05) is 0 Å². The molecular formula is C10H9NOS. The maximum absolute atomic E-state index is 5.00. The Labute approximate surface area is 81.2 Å². The van der Waals surface area contributed by atoms with Crippen LogP contribution in [0.25, 0.3) is 0 Å². The summed E-state index contributed by atoms with van der Waals surface area (Å²) in [5, 5.41) is 0. The van der Waals surface area contributed by atoms with Gasteiger partial charge in [-0.05, 0) is 17.8 Å². The van der Waals surface area contributed by atoms with Crippen LogP contribution in [-0.4, -0.2) is 4.98 Å². The van der Waals surface area contributed by atoms with E-state index in [2.05, 4.69) is 17.1 Å². The second-order valence-corrected chi connectivity index (χ2v) is 3.21. The molecule has 1 aromatic heterocycles. The van der Waals surface area contributed by atoms with E-state index in [1.165, 1.54) is 5.56 Å². The Balaban J connectivity index is 2.20. The fourth-order valence-electron chi connectivity index (χ4n) is 1.22. The average molecular weight is 191 g/mol. The van der Waals surface area contributed by atoms with Crippen LogP contribution in [0.4, 0.5) is 0 Å². The van der Waals surface area contributed by atoms with Gasteiger partial charge in [-0.1, -0.05) is 30.3 Å². The van der Waals surface area contributed by atoms with Gasteiger partial charge in [0.05, 0.1) is 5.69 Å². The number of hydrogen-bond donors (Lipinski definition) is 1. The molecule has 2 nitrogen and oxygen atoms in total. The molecule has 0 bridgehead atoms. The summed E-state index contributed by atoms with van der Waals surface area (Å²) < 4.78 is 5.00. The van der Waals surface area contributed by atoms with Gasteiger partial charge in [0.15, 0.2) is 0 Å². The summed E-state index contributed by atoms with van der Waals surface area (Å²) in [5.74, 6) is 0. The van der Waals surface area contributed by atoms with Crippen LogP contribution >= 0.6 is 12.2 Å². The molecule has 0 radical (unpaired) electrons. The van der Waals surface area contributed by atoms with Crippen LogP contribution in [0, 0.1) is 4.84 Å². The standard InChI is InChI=1S/C10H9NOS/c13-10-11-9(7-12-10)6-8-4-2-1-3-5-8/h1-5,7H,6H2,(H,11,13). The highest BCUT2D eigenvalue weighted by molar-refractivity contribution is 7.71. The molecule has 66 valence electrons. The first-order valence-electron chi connectivity index (χ1n) is 4.05. The van der Waals surface area contributed by atoms with Gasteiger partial charge in [0, 0.05) is 6.42 Å². The second kappa shape index (κ2) is 3.58. The van der Waals surface area contributed by atoms with Crippen molar-refractivity contribution in [3.8, 4) is 0 Å². The van der Waals surface area contributed by atoms with Crippen molar-refractivity contribution in [3.63, 3.8) is 0 Å². The van der Waals surface area contributed by atoms with Crippen LogP contribution in [0.5, 0.6) is 0 Å². The average Bonchev–Trinajstić information content (AvgIpc) is 2.53. The van der Waals surface area contributed by atoms with E-state index in [4.69, 9.17) is 16.6 Å². The summed E-state index contributed by atoms with van der Waals surface area (Å²) in [7, 11) is 0. The predicted molar refractivity (Wildman–Crippen MR) is 53.1 cm³/mol. The SMILES string of the molecule is S=c1[nH]c(Cc2ccccc2)co1. The number of H-pyrrole nitrogens is 1. The highest BCUT2D eigenvalue weighted by Gasteiger charge is 1.97. The molecular weight excluding hydrogens is 182 g/mol. The fourth-order valence-corrected chi connectivity index (χ4v) is 1.40. The molecule has 0 saturated carbocycles. The van der Waals surface area contributed by atoms with Crippen LogP contribution in [0.2, 0.25) is 0 Å². The monoisotopic (exact) mass is 191 g/mol. The number of benzene rings is 1. The van der Waals surface area contributed by atoms with Crippen molar-refractivity contribution in [2.45, 2.75) is 6.42 Å². The molecule has 1 aromatic carbocycles. The van der Waals surface area contributed by atoms with Gasteiger partial charge in [-0.3, -0.25) is 0 Å². The molecule has 13 heavy (non-hydrogen) atoms. The second-order valence-electron chi connectivity index (χ2n) is 2.84. The lowest BCUT2D eigenvalue weighted by Gasteiger charge is -1.95. The van der Waals surface area contributed by atoms with Gasteiger partial charge < -0.3 is 9.40 Å². The van der Waals surface area contributed by atoms with E-state index < -0.39 is 0 Å². The Hall–Kier alpha value is -1.35. The molecule has 0 amide bonds. The maximum atomic E-state index is 5.00. The molecule has 0 aliphatic heterocycles. The Morgan fingerprint density at radius 3 is 2.62 bits per heavy atom. The summed E-state index contributed by atoms with van der Waals surface area (Å²) in [6, 6.07) is 10.2. The summed E-state index contributed by atoms with van der Waals surface area (Å²) in [6.07, 6.45) is 2.50. The molecule has 2 rings (SSSR count). The zero-order chi connectivity index (χ0) is 9.10. The normalized spacial score (nSPS) is 10.2. The quantitative estimate of drug-likeness (QED) is 0.739. The first-order chi connectivity index (χ1) is 6.34. The van der Waals surface area contributed by atoms with Crippen LogP contribution in [-0.2, 0) is 6.42 Å². The maximum Gasteiger partial charge on any atom is 0.266 e. The van der Waals surface area contributed by atoms with Gasteiger partial charge in [0.25, 0.3) is 4.84 Å². The van der Waals surface area contributed by atoms with E-state index in [1.54, 1.807) is 6.26 Å². The minimum Gasteiger partial charge on any atom is -0.438 e.